The molecule has 21 heavy (non-hydrogen) atoms. The highest BCUT2D eigenvalue weighted by atomic mass is 16.1. The molecular weight excluding hydrogens is 258 g/mol. The summed E-state index contributed by atoms with van der Waals surface area (Å²) >= 11 is 0. The van der Waals surface area contributed by atoms with Gasteiger partial charge in [0.05, 0.1) is 0 Å². The molecule has 0 radical (unpaired) electrons. The fourth-order valence-corrected chi connectivity index (χ4v) is 1.74. The Morgan fingerprint density at radius 1 is 0.952 bits per heavy atom. The van der Waals surface area contributed by atoms with E-state index in [1.165, 1.54) is 11.1 Å². The van der Waals surface area contributed by atoms with Gasteiger partial charge >= 0.3 is 0 Å². The van der Waals surface area contributed by atoms with E-state index in [-0.39, 0.29) is 5.91 Å². The van der Waals surface area contributed by atoms with Crippen LogP contribution in [-0.2, 0) is 4.79 Å². The average molecular weight is 289 g/mol. The molecule has 0 aliphatic carbocycles. The molecule has 0 bridgehead atoms. The fraction of sp³-hybridized carbons (Fsp3) is 0.526. The SMILES string of the molecule is CCC=CCCC=CC(=O)NCC=C(C)CCC=C(C)C. The number of nitrogens with one attached hydrogen (secondary N) is 1. The normalized spacial score (nSPS) is 12.1. The topological polar surface area (TPSA) is 29.1 Å². The monoisotopic (exact) mass is 289 g/mol. The first-order valence-corrected chi connectivity index (χ1v) is 7.94. The first-order valence-electron chi connectivity index (χ1n) is 7.94. The lowest BCUT2D eigenvalue weighted by Crippen LogP contribution is -2.20. The molecule has 0 saturated carbocycles. The third kappa shape index (κ3) is 14.6. The van der Waals surface area contributed by atoms with E-state index < -0.39 is 0 Å². The van der Waals surface area contributed by atoms with Gasteiger partial charge in [-0.1, -0.05) is 48.5 Å². The van der Waals surface area contributed by atoms with Gasteiger partial charge in [0.1, 0.15) is 0 Å². The van der Waals surface area contributed by atoms with Crippen LogP contribution >= 0.6 is 0 Å². The van der Waals surface area contributed by atoms with Crippen LogP contribution in [-0.4, -0.2) is 12.5 Å². The number of amides is 1. The maximum atomic E-state index is 11.6. The number of rotatable bonds is 10. The molecule has 0 saturated heterocycles. The summed E-state index contributed by atoms with van der Waals surface area (Å²) in [7, 11) is 0. The summed E-state index contributed by atoms with van der Waals surface area (Å²) in [4.78, 5) is 11.6. The van der Waals surface area contributed by atoms with Gasteiger partial charge in [0.15, 0.2) is 0 Å². The molecule has 0 rings (SSSR count). The Bertz CT molecular complexity index is 396. The Balaban J connectivity index is 3.79. The molecule has 118 valence electrons. The number of hydrogen-bond donors (Lipinski definition) is 1. The molecule has 0 aromatic rings. The van der Waals surface area contributed by atoms with Crippen molar-refractivity contribution in [3.05, 3.63) is 47.6 Å². The van der Waals surface area contributed by atoms with Crippen molar-refractivity contribution in [3.63, 3.8) is 0 Å². The van der Waals surface area contributed by atoms with Crippen LogP contribution in [0.4, 0.5) is 0 Å². The minimum atomic E-state index is -0.0113. The maximum Gasteiger partial charge on any atom is 0.243 e. The van der Waals surface area contributed by atoms with Crippen LogP contribution in [0.2, 0.25) is 0 Å². The summed E-state index contributed by atoms with van der Waals surface area (Å²) in [5.74, 6) is -0.0113. The number of carbonyl (C=O) groups is 1. The third-order valence-corrected chi connectivity index (χ3v) is 2.99. The van der Waals surface area contributed by atoms with Crippen LogP contribution in [0.5, 0.6) is 0 Å². The minimum absolute atomic E-state index is 0.0113. The van der Waals surface area contributed by atoms with Crippen LogP contribution in [0.25, 0.3) is 0 Å². The summed E-state index contributed by atoms with van der Waals surface area (Å²) in [5, 5.41) is 2.88. The zero-order valence-corrected chi connectivity index (χ0v) is 14.1. The first kappa shape index (κ1) is 19.4. The standard InChI is InChI=1S/C19H31NO/c1-5-6-7-8-9-10-14-19(21)20-16-15-18(4)13-11-12-17(2)3/h6-7,10,12,14-15H,5,8-9,11,13,16H2,1-4H3,(H,20,21). The molecule has 0 aliphatic heterocycles. The van der Waals surface area contributed by atoms with Crippen molar-refractivity contribution in [3.8, 4) is 0 Å². The molecule has 0 spiro atoms. The fourth-order valence-electron chi connectivity index (χ4n) is 1.74. The highest BCUT2D eigenvalue weighted by Gasteiger charge is 1.93. The van der Waals surface area contributed by atoms with Gasteiger partial charge < -0.3 is 5.32 Å². The number of carbonyl (C=O) groups excluding carboxylic acids is 1. The quantitative estimate of drug-likeness (QED) is 0.338. The van der Waals surface area contributed by atoms with Crippen molar-refractivity contribution in [2.75, 3.05) is 6.54 Å². The highest BCUT2D eigenvalue weighted by molar-refractivity contribution is 5.87. The zero-order chi connectivity index (χ0) is 15.9. The van der Waals surface area contributed by atoms with Crippen molar-refractivity contribution < 1.29 is 4.79 Å². The Kier molecular flexibility index (Phi) is 12.4. The van der Waals surface area contributed by atoms with E-state index in [0.717, 1.165) is 32.1 Å². The van der Waals surface area contributed by atoms with E-state index in [2.05, 4.69) is 57.3 Å². The molecule has 0 fully saturated rings. The van der Waals surface area contributed by atoms with Crippen molar-refractivity contribution in [1.82, 2.24) is 5.32 Å². The van der Waals surface area contributed by atoms with Gasteiger partial charge in [-0.3, -0.25) is 4.79 Å². The lowest BCUT2D eigenvalue weighted by molar-refractivity contribution is -0.116. The van der Waals surface area contributed by atoms with Crippen LogP contribution in [0.1, 0.15) is 59.8 Å². The van der Waals surface area contributed by atoms with Gasteiger partial charge in [-0.15, -0.1) is 0 Å². The Hall–Kier alpha value is -1.57. The van der Waals surface area contributed by atoms with E-state index in [1.54, 1.807) is 6.08 Å². The largest absolute Gasteiger partial charge is 0.349 e. The van der Waals surface area contributed by atoms with Crippen LogP contribution < -0.4 is 5.32 Å². The summed E-state index contributed by atoms with van der Waals surface area (Å²) in [6.45, 7) is 9.07. The lowest BCUT2D eigenvalue weighted by Gasteiger charge is -2.01. The molecule has 0 atom stereocenters. The molecule has 0 unspecified atom stereocenters. The predicted molar refractivity (Wildman–Crippen MR) is 93.2 cm³/mol. The molecule has 0 aliphatic rings. The van der Waals surface area contributed by atoms with Gasteiger partial charge in [-0.2, -0.15) is 0 Å². The molecule has 0 heterocycles. The number of hydrogen-bond acceptors (Lipinski definition) is 1. The molecule has 1 amide bonds. The minimum Gasteiger partial charge on any atom is -0.349 e. The highest BCUT2D eigenvalue weighted by Crippen LogP contribution is 2.05. The van der Waals surface area contributed by atoms with Gasteiger partial charge in [0, 0.05) is 6.54 Å². The van der Waals surface area contributed by atoms with Gasteiger partial charge in [0.25, 0.3) is 0 Å². The first-order chi connectivity index (χ1) is 10.1. The van der Waals surface area contributed by atoms with Crippen LogP contribution in [0.3, 0.4) is 0 Å². The summed E-state index contributed by atoms with van der Waals surface area (Å²) in [6, 6.07) is 0. The Morgan fingerprint density at radius 2 is 1.67 bits per heavy atom. The molecule has 1 N–H and O–H groups in total. The van der Waals surface area contributed by atoms with Crippen molar-refractivity contribution >= 4 is 5.91 Å². The van der Waals surface area contributed by atoms with Gasteiger partial charge in [0.2, 0.25) is 5.91 Å². The van der Waals surface area contributed by atoms with Gasteiger partial charge in [-0.05, 0) is 59.0 Å². The van der Waals surface area contributed by atoms with Crippen molar-refractivity contribution in [1.29, 1.82) is 0 Å². The average Bonchev–Trinajstić information content (AvgIpc) is 2.42. The summed E-state index contributed by atoms with van der Waals surface area (Å²) in [6.07, 6.45) is 17.3. The maximum absolute atomic E-state index is 11.6. The summed E-state index contributed by atoms with van der Waals surface area (Å²) in [5.41, 5.74) is 2.68. The zero-order valence-electron chi connectivity index (χ0n) is 14.1. The van der Waals surface area contributed by atoms with Gasteiger partial charge in [-0.25, -0.2) is 0 Å². The van der Waals surface area contributed by atoms with Crippen LogP contribution in [0.15, 0.2) is 47.6 Å². The second-order valence-corrected chi connectivity index (χ2v) is 5.48. The molecule has 0 aromatic heterocycles. The number of allylic oxidation sites excluding steroid dienone is 6. The molecular formula is C19H31NO. The second-order valence-electron chi connectivity index (χ2n) is 5.48. The molecule has 0 aromatic carbocycles. The third-order valence-electron chi connectivity index (χ3n) is 2.99. The second kappa shape index (κ2) is 13.4. The van der Waals surface area contributed by atoms with Crippen LogP contribution in [0, 0.1) is 0 Å². The van der Waals surface area contributed by atoms with E-state index >= 15 is 0 Å². The summed E-state index contributed by atoms with van der Waals surface area (Å²) < 4.78 is 0. The van der Waals surface area contributed by atoms with Crippen molar-refractivity contribution in [2.24, 2.45) is 0 Å². The lowest BCUT2D eigenvalue weighted by atomic mass is 10.1. The molecule has 2 heteroatoms. The predicted octanol–water partition coefficient (Wildman–Crippen LogP) is 5.10. The number of unbranched alkanes of at least 4 members (excludes halogenated alkanes) is 1. The van der Waals surface area contributed by atoms with E-state index in [4.69, 9.17) is 0 Å². The van der Waals surface area contributed by atoms with E-state index in [1.807, 2.05) is 6.08 Å². The van der Waals surface area contributed by atoms with E-state index in [9.17, 15) is 4.79 Å². The van der Waals surface area contributed by atoms with E-state index in [0.29, 0.717) is 6.54 Å². The molecule has 2 nitrogen and oxygen atoms in total. The Labute approximate surface area is 130 Å². The Morgan fingerprint density at radius 3 is 2.33 bits per heavy atom. The smallest absolute Gasteiger partial charge is 0.243 e. The van der Waals surface area contributed by atoms with Crippen molar-refractivity contribution in [2.45, 2.75) is 59.8 Å².